The molecule has 1 aromatic heterocycles. The van der Waals surface area contributed by atoms with Crippen LogP contribution in [0.3, 0.4) is 0 Å². The molecule has 0 bridgehead atoms. The van der Waals surface area contributed by atoms with E-state index >= 15 is 0 Å². The molecular weight excluding hydrogens is 619 g/mol. The molecule has 4 nitrogen and oxygen atoms in total. The van der Waals surface area contributed by atoms with E-state index in [0.717, 1.165) is 49.8 Å². The van der Waals surface area contributed by atoms with Crippen LogP contribution in [0.25, 0.3) is 38.8 Å². The first-order chi connectivity index (χ1) is 21.9. The second-order valence-electron chi connectivity index (χ2n) is 10.1. The number of rotatable bonds is 8. The predicted molar refractivity (Wildman–Crippen MR) is 187 cm³/mol. The summed E-state index contributed by atoms with van der Waals surface area (Å²) < 4.78 is 0. The lowest BCUT2D eigenvalue weighted by atomic mass is 10.0. The first-order valence-electron chi connectivity index (χ1n) is 14.0. The molecule has 0 unspecified atom stereocenters. The van der Waals surface area contributed by atoms with E-state index < -0.39 is 5.97 Å². The summed E-state index contributed by atoms with van der Waals surface area (Å²) in [7, 11) is 0. The van der Waals surface area contributed by atoms with Crippen molar-refractivity contribution in [2.75, 3.05) is 4.90 Å². The lowest BCUT2D eigenvalue weighted by Crippen LogP contribution is -2.10. The van der Waals surface area contributed by atoms with Crippen LogP contribution in [0.15, 0.2) is 139 Å². The standard InChI is InChI=1S/C38H24Cl2N2O2S/c39-35-22-30(15-18-33(35)25-7-3-1-4-8-25)42(31-16-19-34(36(40)23-31)26-9-5-2-6-10-26)29-13-11-27(12-14-29)37-20-17-32(45-37)21-28(24-41)38(43)44/h1-23H,(H,43,44). The summed E-state index contributed by atoms with van der Waals surface area (Å²) in [6.07, 6.45) is 1.39. The minimum absolute atomic E-state index is 0.303. The van der Waals surface area contributed by atoms with Crippen LogP contribution in [0.2, 0.25) is 10.0 Å². The topological polar surface area (TPSA) is 64.3 Å². The van der Waals surface area contributed by atoms with E-state index in [4.69, 9.17) is 28.5 Å². The molecule has 0 aliphatic heterocycles. The Labute approximate surface area is 275 Å². The van der Waals surface area contributed by atoms with Crippen molar-refractivity contribution >= 4 is 63.6 Å². The third-order valence-electron chi connectivity index (χ3n) is 7.27. The number of halogens is 2. The van der Waals surface area contributed by atoms with Crippen LogP contribution >= 0.6 is 34.5 Å². The van der Waals surface area contributed by atoms with Crippen molar-refractivity contribution in [2.24, 2.45) is 0 Å². The maximum atomic E-state index is 11.3. The molecule has 7 heteroatoms. The average molecular weight is 644 g/mol. The molecule has 1 heterocycles. The van der Waals surface area contributed by atoms with Gasteiger partial charge in [-0.25, -0.2) is 4.79 Å². The van der Waals surface area contributed by atoms with Crippen molar-refractivity contribution in [3.63, 3.8) is 0 Å². The normalized spacial score (nSPS) is 11.2. The van der Waals surface area contributed by atoms with Crippen molar-refractivity contribution < 1.29 is 9.90 Å². The molecular formula is C38H24Cl2N2O2S. The number of nitriles is 1. The number of anilines is 3. The van der Waals surface area contributed by atoms with E-state index in [1.54, 1.807) is 6.07 Å². The Hall–Kier alpha value is -5.12. The van der Waals surface area contributed by atoms with E-state index in [2.05, 4.69) is 4.90 Å². The van der Waals surface area contributed by atoms with Crippen molar-refractivity contribution in [3.05, 3.63) is 154 Å². The first kappa shape index (κ1) is 29.9. The van der Waals surface area contributed by atoms with Gasteiger partial charge >= 0.3 is 5.97 Å². The number of hydrogen-bond donors (Lipinski definition) is 1. The maximum absolute atomic E-state index is 11.3. The van der Waals surface area contributed by atoms with Gasteiger partial charge in [0.1, 0.15) is 11.6 Å². The summed E-state index contributed by atoms with van der Waals surface area (Å²) in [6, 6.07) is 45.7. The van der Waals surface area contributed by atoms with Crippen LogP contribution < -0.4 is 4.90 Å². The Morgan fingerprint density at radius 1 is 0.667 bits per heavy atom. The smallest absolute Gasteiger partial charge is 0.346 e. The molecule has 1 N–H and O–H groups in total. The number of hydrogen-bond acceptors (Lipinski definition) is 4. The highest BCUT2D eigenvalue weighted by Gasteiger charge is 2.17. The van der Waals surface area contributed by atoms with Gasteiger partial charge in [0.15, 0.2) is 0 Å². The Morgan fingerprint density at radius 2 is 1.18 bits per heavy atom. The van der Waals surface area contributed by atoms with Gasteiger partial charge in [-0.1, -0.05) is 108 Å². The molecule has 0 amide bonds. The van der Waals surface area contributed by atoms with E-state index in [9.17, 15) is 9.90 Å². The SMILES string of the molecule is N#CC(=Cc1ccc(-c2ccc(N(c3ccc(-c4ccccc4)c(Cl)c3)c3ccc(-c4ccccc4)c(Cl)c3)cc2)s1)C(=O)O. The van der Waals surface area contributed by atoms with Gasteiger partial charge in [-0.05, 0) is 71.3 Å². The van der Waals surface area contributed by atoms with Crippen LogP contribution in [0.1, 0.15) is 4.88 Å². The van der Waals surface area contributed by atoms with Gasteiger partial charge in [0.2, 0.25) is 0 Å². The fourth-order valence-electron chi connectivity index (χ4n) is 5.08. The Balaban J connectivity index is 1.39. The predicted octanol–water partition coefficient (Wildman–Crippen LogP) is 11.5. The van der Waals surface area contributed by atoms with Gasteiger partial charge < -0.3 is 10.0 Å². The zero-order chi connectivity index (χ0) is 31.3. The van der Waals surface area contributed by atoms with Crippen LogP contribution in [-0.4, -0.2) is 11.1 Å². The van der Waals surface area contributed by atoms with Gasteiger partial charge in [-0.15, -0.1) is 11.3 Å². The Morgan fingerprint density at radius 3 is 1.64 bits per heavy atom. The van der Waals surface area contributed by atoms with Crippen LogP contribution in [0.4, 0.5) is 17.1 Å². The first-order valence-corrected chi connectivity index (χ1v) is 15.5. The molecule has 0 saturated carbocycles. The number of carboxylic acids is 1. The molecule has 6 rings (SSSR count). The van der Waals surface area contributed by atoms with Gasteiger partial charge in [-0.3, -0.25) is 0 Å². The fraction of sp³-hybridized carbons (Fsp3) is 0. The van der Waals surface area contributed by atoms with E-state index in [-0.39, 0.29) is 5.57 Å². The molecule has 0 aliphatic rings. The number of nitrogens with zero attached hydrogens (tertiary/aromatic N) is 2. The summed E-state index contributed by atoms with van der Waals surface area (Å²) in [5.74, 6) is -1.24. The summed E-state index contributed by atoms with van der Waals surface area (Å²) in [5.41, 5.74) is 7.27. The minimum atomic E-state index is -1.24. The summed E-state index contributed by atoms with van der Waals surface area (Å²) in [5, 5.41) is 19.6. The van der Waals surface area contributed by atoms with Crippen LogP contribution in [-0.2, 0) is 4.79 Å². The largest absolute Gasteiger partial charge is 0.477 e. The van der Waals surface area contributed by atoms with Crippen molar-refractivity contribution in [2.45, 2.75) is 0 Å². The second-order valence-corrected chi connectivity index (χ2v) is 12.0. The highest BCUT2D eigenvalue weighted by molar-refractivity contribution is 7.16. The van der Waals surface area contributed by atoms with Gasteiger partial charge in [-0.2, -0.15) is 5.26 Å². The summed E-state index contributed by atoms with van der Waals surface area (Å²) >= 11 is 15.2. The molecule has 0 radical (unpaired) electrons. The van der Waals surface area contributed by atoms with Gasteiger partial charge in [0.25, 0.3) is 0 Å². The van der Waals surface area contributed by atoms with E-state index in [0.29, 0.717) is 14.9 Å². The number of carbonyl (C=O) groups is 1. The number of aliphatic carboxylic acids is 1. The highest BCUT2D eigenvalue weighted by Crippen LogP contribution is 2.42. The summed E-state index contributed by atoms with van der Waals surface area (Å²) in [4.78, 5) is 15.0. The molecule has 218 valence electrons. The number of benzene rings is 5. The van der Waals surface area contributed by atoms with Crippen LogP contribution in [0.5, 0.6) is 0 Å². The molecule has 6 aromatic rings. The van der Waals surface area contributed by atoms with Crippen molar-refractivity contribution in [1.82, 2.24) is 0 Å². The minimum Gasteiger partial charge on any atom is -0.477 e. The quantitative estimate of drug-likeness (QED) is 0.132. The maximum Gasteiger partial charge on any atom is 0.346 e. The third-order valence-corrected chi connectivity index (χ3v) is 8.97. The fourth-order valence-corrected chi connectivity index (χ4v) is 6.61. The monoisotopic (exact) mass is 642 g/mol. The van der Waals surface area contributed by atoms with E-state index in [1.165, 1.54) is 17.4 Å². The number of thiophene rings is 1. The zero-order valence-corrected chi connectivity index (χ0v) is 26.0. The molecule has 45 heavy (non-hydrogen) atoms. The Kier molecular flexibility index (Phi) is 8.81. The molecule has 0 atom stereocenters. The molecule has 0 aliphatic carbocycles. The summed E-state index contributed by atoms with van der Waals surface area (Å²) in [6.45, 7) is 0. The highest BCUT2D eigenvalue weighted by atomic mass is 35.5. The molecule has 0 spiro atoms. The number of carboxylic acid groups (broad SMARTS) is 1. The third kappa shape index (κ3) is 6.55. The lowest BCUT2D eigenvalue weighted by Gasteiger charge is -2.27. The molecule has 0 fully saturated rings. The second kappa shape index (κ2) is 13.3. The molecule has 5 aromatic carbocycles. The lowest BCUT2D eigenvalue weighted by molar-refractivity contribution is -0.132. The van der Waals surface area contributed by atoms with Gasteiger partial charge in [0, 0.05) is 37.9 Å². The van der Waals surface area contributed by atoms with Gasteiger partial charge in [0.05, 0.1) is 10.0 Å². The van der Waals surface area contributed by atoms with Crippen molar-refractivity contribution in [3.8, 4) is 38.8 Å². The zero-order valence-electron chi connectivity index (χ0n) is 23.7. The Bertz CT molecular complexity index is 1980. The molecule has 0 saturated heterocycles. The van der Waals surface area contributed by atoms with Crippen LogP contribution in [0, 0.1) is 11.3 Å². The van der Waals surface area contributed by atoms with E-state index in [1.807, 2.05) is 133 Å². The average Bonchev–Trinajstić information content (AvgIpc) is 3.54. The van der Waals surface area contributed by atoms with Crippen molar-refractivity contribution in [1.29, 1.82) is 5.26 Å².